The van der Waals surface area contributed by atoms with Crippen LogP contribution in [0.4, 0.5) is 5.69 Å². The molecule has 0 bridgehead atoms. The monoisotopic (exact) mass is 279 g/mol. The van der Waals surface area contributed by atoms with Gasteiger partial charge < -0.3 is 5.32 Å². The van der Waals surface area contributed by atoms with E-state index >= 15 is 0 Å². The van der Waals surface area contributed by atoms with Crippen molar-refractivity contribution in [3.05, 3.63) is 35.9 Å². The first-order valence-corrected chi connectivity index (χ1v) is 7.34. The van der Waals surface area contributed by atoms with E-state index in [0.717, 1.165) is 24.2 Å². The fraction of sp³-hybridized carbons (Fsp3) is 0.273. The Bertz CT molecular complexity index is 681. The van der Waals surface area contributed by atoms with Crippen molar-refractivity contribution in [3.8, 4) is 0 Å². The molecule has 0 saturated heterocycles. The smallest absolute Gasteiger partial charge is 0.241 e. The van der Waals surface area contributed by atoms with Gasteiger partial charge in [0.25, 0.3) is 0 Å². The third kappa shape index (κ3) is 2.45. The Labute approximate surface area is 110 Å². The van der Waals surface area contributed by atoms with Crippen molar-refractivity contribution >= 4 is 15.7 Å². The van der Waals surface area contributed by atoms with Gasteiger partial charge in [-0.15, -0.1) is 0 Å². The lowest BCUT2D eigenvalue weighted by atomic mass is 10.2. The van der Waals surface area contributed by atoms with Crippen molar-refractivity contribution in [2.24, 2.45) is 0 Å². The topological polar surface area (TPSA) is 99.8 Å². The number of sulfonamides is 1. The highest BCUT2D eigenvalue weighted by Crippen LogP contribution is 2.25. The van der Waals surface area contributed by atoms with Gasteiger partial charge in [-0.1, -0.05) is 6.07 Å². The summed E-state index contributed by atoms with van der Waals surface area (Å²) in [5.41, 5.74) is 2.04. The predicted octanol–water partition coefficient (Wildman–Crippen LogP) is 0.251. The van der Waals surface area contributed by atoms with E-state index in [1.165, 1.54) is 6.33 Å². The van der Waals surface area contributed by atoms with Crippen molar-refractivity contribution in [2.75, 3.05) is 11.9 Å². The zero-order valence-corrected chi connectivity index (χ0v) is 10.9. The second-order valence-corrected chi connectivity index (χ2v) is 6.02. The molecule has 0 saturated carbocycles. The molecule has 8 heteroatoms. The molecule has 0 radical (unpaired) electrons. The fourth-order valence-electron chi connectivity index (χ4n) is 2.00. The molecule has 100 valence electrons. The number of hydrogen-bond donors (Lipinski definition) is 3. The molecule has 1 aliphatic rings. The van der Waals surface area contributed by atoms with Gasteiger partial charge in [0, 0.05) is 12.2 Å². The number of H-pyrrole nitrogens is 1. The van der Waals surface area contributed by atoms with Crippen LogP contribution in [0.1, 0.15) is 11.4 Å². The molecule has 3 N–H and O–H groups in total. The van der Waals surface area contributed by atoms with Gasteiger partial charge in [0.15, 0.2) is 0 Å². The van der Waals surface area contributed by atoms with Crippen LogP contribution in [0.3, 0.4) is 0 Å². The quantitative estimate of drug-likeness (QED) is 0.745. The van der Waals surface area contributed by atoms with E-state index in [9.17, 15) is 8.42 Å². The zero-order valence-electron chi connectivity index (χ0n) is 10.0. The summed E-state index contributed by atoms with van der Waals surface area (Å²) in [6.45, 7) is 0.942. The van der Waals surface area contributed by atoms with Gasteiger partial charge in [-0.25, -0.2) is 18.1 Å². The van der Waals surface area contributed by atoms with Gasteiger partial charge in [0.05, 0.1) is 11.4 Å². The molecular weight excluding hydrogens is 266 g/mol. The summed E-state index contributed by atoms with van der Waals surface area (Å²) in [6, 6.07) is 5.12. The normalized spacial score (nSPS) is 14.1. The number of anilines is 1. The number of nitrogens with zero attached hydrogens (tertiary/aromatic N) is 2. The third-order valence-electron chi connectivity index (χ3n) is 3.00. The minimum Gasteiger partial charge on any atom is -0.384 e. The van der Waals surface area contributed by atoms with Crippen LogP contribution in [0.5, 0.6) is 0 Å². The van der Waals surface area contributed by atoms with Crippen LogP contribution < -0.4 is 10.0 Å². The van der Waals surface area contributed by atoms with E-state index < -0.39 is 10.0 Å². The number of aromatic nitrogens is 3. The predicted molar refractivity (Wildman–Crippen MR) is 69.0 cm³/mol. The minimum absolute atomic E-state index is 0.0901. The first-order valence-electron chi connectivity index (χ1n) is 5.86. The summed E-state index contributed by atoms with van der Waals surface area (Å²) in [6.07, 6.45) is 2.27. The van der Waals surface area contributed by atoms with Gasteiger partial charge in [0.1, 0.15) is 12.2 Å². The third-order valence-corrected chi connectivity index (χ3v) is 4.39. The van der Waals surface area contributed by atoms with Crippen LogP contribution in [0.2, 0.25) is 0 Å². The minimum atomic E-state index is -3.54. The molecule has 1 aromatic heterocycles. The molecule has 0 fully saturated rings. The number of benzene rings is 1. The molecule has 0 aliphatic carbocycles. The molecule has 1 aromatic carbocycles. The van der Waals surface area contributed by atoms with Crippen molar-refractivity contribution < 1.29 is 8.42 Å². The van der Waals surface area contributed by atoms with Crippen molar-refractivity contribution in [1.82, 2.24) is 19.9 Å². The van der Waals surface area contributed by atoms with E-state index in [4.69, 9.17) is 0 Å². The largest absolute Gasteiger partial charge is 0.384 e. The first kappa shape index (κ1) is 12.1. The molecule has 1 aliphatic heterocycles. The van der Waals surface area contributed by atoms with E-state index in [2.05, 4.69) is 25.2 Å². The van der Waals surface area contributed by atoms with Crippen LogP contribution in [-0.2, 0) is 23.0 Å². The molecule has 2 heterocycles. The molecule has 0 spiro atoms. The van der Waals surface area contributed by atoms with Crippen LogP contribution in [0.25, 0.3) is 0 Å². The lowest BCUT2D eigenvalue weighted by Crippen LogP contribution is -2.23. The average molecular weight is 279 g/mol. The summed E-state index contributed by atoms with van der Waals surface area (Å²) < 4.78 is 26.7. The number of rotatable bonds is 4. The summed E-state index contributed by atoms with van der Waals surface area (Å²) in [4.78, 5) is 4.12. The summed E-state index contributed by atoms with van der Waals surface area (Å²) in [5, 5.41) is 9.43. The highest BCUT2D eigenvalue weighted by atomic mass is 32.2. The highest BCUT2D eigenvalue weighted by Gasteiger charge is 2.18. The van der Waals surface area contributed by atoms with E-state index in [1.807, 2.05) is 6.07 Å². The van der Waals surface area contributed by atoms with Gasteiger partial charge in [-0.05, 0) is 24.1 Å². The van der Waals surface area contributed by atoms with Gasteiger partial charge in [-0.2, -0.15) is 5.10 Å². The van der Waals surface area contributed by atoms with E-state index in [1.54, 1.807) is 12.1 Å². The summed E-state index contributed by atoms with van der Waals surface area (Å²) >= 11 is 0. The maximum absolute atomic E-state index is 12.1. The standard InChI is InChI=1S/C11H13N5O2S/c17-19(18,15-6-11-13-7-14-16-11)9-2-1-8-3-4-12-10(8)5-9/h1-2,5,7,12,15H,3-4,6H2,(H,13,14,16). The highest BCUT2D eigenvalue weighted by molar-refractivity contribution is 7.89. The number of fused-ring (bicyclic) bond motifs is 1. The Morgan fingerprint density at radius 3 is 3.05 bits per heavy atom. The van der Waals surface area contributed by atoms with Gasteiger partial charge >= 0.3 is 0 Å². The second-order valence-electron chi connectivity index (χ2n) is 4.25. The lowest BCUT2D eigenvalue weighted by Gasteiger charge is -2.07. The average Bonchev–Trinajstić information content (AvgIpc) is 3.06. The molecule has 0 atom stereocenters. The van der Waals surface area contributed by atoms with Crippen LogP contribution in [0.15, 0.2) is 29.4 Å². The molecule has 7 nitrogen and oxygen atoms in total. The number of hydrogen-bond acceptors (Lipinski definition) is 5. The number of nitrogens with one attached hydrogen (secondary N) is 3. The molecule has 3 rings (SSSR count). The SMILES string of the molecule is O=S(=O)(NCc1ncn[nH]1)c1ccc2c(c1)NCC2. The molecule has 2 aromatic rings. The summed E-state index contributed by atoms with van der Waals surface area (Å²) in [7, 11) is -3.54. The van der Waals surface area contributed by atoms with Crippen molar-refractivity contribution in [2.45, 2.75) is 17.9 Å². The van der Waals surface area contributed by atoms with Crippen LogP contribution in [-0.4, -0.2) is 30.1 Å². The fourth-order valence-corrected chi connectivity index (χ4v) is 3.01. The van der Waals surface area contributed by atoms with E-state index in [-0.39, 0.29) is 11.4 Å². The van der Waals surface area contributed by atoms with E-state index in [0.29, 0.717) is 5.82 Å². The zero-order chi connectivity index (χ0) is 13.3. The Kier molecular flexibility index (Phi) is 2.96. The van der Waals surface area contributed by atoms with Crippen molar-refractivity contribution in [3.63, 3.8) is 0 Å². The van der Waals surface area contributed by atoms with Crippen LogP contribution >= 0.6 is 0 Å². The maximum Gasteiger partial charge on any atom is 0.241 e. The maximum atomic E-state index is 12.1. The van der Waals surface area contributed by atoms with Crippen molar-refractivity contribution in [1.29, 1.82) is 0 Å². The molecule has 0 unspecified atom stereocenters. The molecule has 0 amide bonds. The Hall–Kier alpha value is -1.93. The summed E-state index contributed by atoms with van der Waals surface area (Å²) in [5.74, 6) is 0.475. The van der Waals surface area contributed by atoms with Gasteiger partial charge in [0.2, 0.25) is 10.0 Å². The molecule has 19 heavy (non-hydrogen) atoms. The lowest BCUT2D eigenvalue weighted by molar-refractivity contribution is 0.579. The Morgan fingerprint density at radius 2 is 2.26 bits per heavy atom. The van der Waals surface area contributed by atoms with Crippen LogP contribution in [0, 0.1) is 0 Å². The first-order chi connectivity index (χ1) is 9.15. The second kappa shape index (κ2) is 4.63. The number of aromatic amines is 1. The Morgan fingerprint density at radius 1 is 1.37 bits per heavy atom. The van der Waals surface area contributed by atoms with Gasteiger partial charge in [-0.3, -0.25) is 5.10 Å². The molecular formula is C11H13N5O2S. The Balaban J connectivity index is 1.80.